The van der Waals surface area contributed by atoms with Gasteiger partial charge in [-0.1, -0.05) is 24.6 Å². The van der Waals surface area contributed by atoms with E-state index in [1.54, 1.807) is 12.1 Å². The number of hydrogen-bond donors (Lipinski definition) is 1. The zero-order chi connectivity index (χ0) is 15.7. The van der Waals surface area contributed by atoms with E-state index in [-0.39, 0.29) is 17.6 Å². The third kappa shape index (κ3) is 2.74. The lowest BCUT2D eigenvalue weighted by Gasteiger charge is -2.44. The van der Waals surface area contributed by atoms with Gasteiger partial charge < -0.3 is 14.5 Å². The van der Waals surface area contributed by atoms with Crippen molar-refractivity contribution < 1.29 is 13.9 Å². The van der Waals surface area contributed by atoms with Crippen LogP contribution in [0.5, 0.6) is 5.75 Å². The van der Waals surface area contributed by atoms with Gasteiger partial charge in [-0.15, -0.1) is 0 Å². The van der Waals surface area contributed by atoms with Gasteiger partial charge in [0.2, 0.25) is 0 Å². The molecule has 2 aliphatic rings. The van der Waals surface area contributed by atoms with Crippen LogP contribution in [0.4, 0.5) is 0 Å². The summed E-state index contributed by atoms with van der Waals surface area (Å²) < 4.78 is 11.6. The maximum atomic E-state index is 12.4. The molecule has 2 aromatic rings. The van der Waals surface area contributed by atoms with Gasteiger partial charge >= 0.3 is 0 Å². The Morgan fingerprint density at radius 1 is 1.09 bits per heavy atom. The van der Waals surface area contributed by atoms with Crippen molar-refractivity contribution in [3.8, 4) is 5.75 Å². The smallest absolute Gasteiger partial charge is 0.287 e. The fourth-order valence-electron chi connectivity index (χ4n) is 3.89. The molecular formula is C19H21NO3. The summed E-state index contributed by atoms with van der Waals surface area (Å²) in [5.74, 6) is 1.10. The van der Waals surface area contributed by atoms with Gasteiger partial charge in [-0.2, -0.15) is 0 Å². The third-order valence-electron chi connectivity index (χ3n) is 5.01. The van der Waals surface area contributed by atoms with Gasteiger partial charge in [0.15, 0.2) is 5.76 Å². The zero-order valence-corrected chi connectivity index (χ0v) is 13.1. The lowest BCUT2D eigenvalue weighted by Crippen LogP contribution is -2.46. The summed E-state index contributed by atoms with van der Waals surface area (Å²) in [5.41, 5.74) is 0.928. The van der Waals surface area contributed by atoms with E-state index in [0.29, 0.717) is 5.76 Å². The summed E-state index contributed by atoms with van der Waals surface area (Å²) in [6.07, 6.45) is 8.15. The van der Waals surface area contributed by atoms with Crippen molar-refractivity contribution in [3.63, 3.8) is 0 Å². The van der Waals surface area contributed by atoms with Crippen LogP contribution in [0, 0.1) is 0 Å². The van der Waals surface area contributed by atoms with Gasteiger partial charge in [-0.05, 0) is 43.9 Å². The highest BCUT2D eigenvalue weighted by molar-refractivity contribution is 5.91. The Kier molecular flexibility index (Phi) is 3.60. The minimum absolute atomic E-state index is 0.0318. The Hall–Kier alpha value is -2.23. The summed E-state index contributed by atoms with van der Waals surface area (Å²) in [6.45, 7) is 0. The van der Waals surface area contributed by atoms with Crippen molar-refractivity contribution >= 4 is 5.91 Å². The average Bonchev–Trinajstić information content (AvgIpc) is 3.10. The van der Waals surface area contributed by atoms with Gasteiger partial charge in [-0.25, -0.2) is 0 Å². The van der Waals surface area contributed by atoms with E-state index in [1.807, 2.05) is 24.3 Å². The molecule has 0 radical (unpaired) electrons. The van der Waals surface area contributed by atoms with E-state index < -0.39 is 0 Å². The largest absolute Gasteiger partial charge is 0.487 e. The molecule has 1 fully saturated rings. The van der Waals surface area contributed by atoms with Crippen LogP contribution in [0.25, 0.3) is 0 Å². The third-order valence-corrected chi connectivity index (χ3v) is 5.01. The molecule has 4 heteroatoms. The molecule has 23 heavy (non-hydrogen) atoms. The highest BCUT2D eigenvalue weighted by Gasteiger charge is 2.42. The molecule has 0 bridgehead atoms. The molecule has 1 N–H and O–H groups in total. The Morgan fingerprint density at radius 2 is 1.91 bits per heavy atom. The van der Waals surface area contributed by atoms with Crippen molar-refractivity contribution in [2.75, 3.05) is 0 Å². The summed E-state index contributed by atoms with van der Waals surface area (Å²) >= 11 is 0. The number of para-hydroxylation sites is 1. The predicted octanol–water partition coefficient (Wildman–Crippen LogP) is 4.24. The number of carbonyl (C=O) groups excluding carboxylic acids is 1. The van der Waals surface area contributed by atoms with Crippen molar-refractivity contribution in [1.29, 1.82) is 0 Å². The van der Waals surface area contributed by atoms with Crippen LogP contribution in [0.1, 0.15) is 60.7 Å². The Bertz CT molecular complexity index is 686. The fraction of sp³-hybridized carbons (Fsp3) is 0.421. The second kappa shape index (κ2) is 5.76. The van der Waals surface area contributed by atoms with Crippen LogP contribution >= 0.6 is 0 Å². The van der Waals surface area contributed by atoms with Crippen molar-refractivity contribution in [1.82, 2.24) is 5.32 Å². The van der Waals surface area contributed by atoms with Crippen LogP contribution < -0.4 is 10.1 Å². The normalized spacial score (nSPS) is 22.2. The van der Waals surface area contributed by atoms with E-state index in [1.165, 1.54) is 25.5 Å². The first-order valence-corrected chi connectivity index (χ1v) is 8.38. The monoisotopic (exact) mass is 311 g/mol. The number of carbonyl (C=O) groups is 1. The Balaban J connectivity index is 1.63. The molecule has 2 heterocycles. The molecule has 1 aliphatic carbocycles. The molecule has 1 aliphatic heterocycles. The highest BCUT2D eigenvalue weighted by Crippen LogP contribution is 2.46. The fourth-order valence-corrected chi connectivity index (χ4v) is 3.89. The van der Waals surface area contributed by atoms with Gasteiger partial charge in [0.05, 0.1) is 12.3 Å². The number of furan rings is 1. The topological polar surface area (TPSA) is 51.5 Å². The SMILES string of the molecule is O=C(N[C@@H]1CC2(CCCCC2)Oc2ccccc21)c1ccco1. The van der Waals surface area contributed by atoms with Crippen LogP contribution in [0.3, 0.4) is 0 Å². The van der Waals surface area contributed by atoms with Crippen LogP contribution in [-0.4, -0.2) is 11.5 Å². The molecule has 0 saturated heterocycles. The lowest BCUT2D eigenvalue weighted by atomic mass is 9.77. The van der Waals surface area contributed by atoms with Gasteiger partial charge in [0, 0.05) is 12.0 Å². The quantitative estimate of drug-likeness (QED) is 0.902. The number of benzene rings is 1. The zero-order valence-electron chi connectivity index (χ0n) is 13.1. The minimum atomic E-state index is -0.164. The Morgan fingerprint density at radius 3 is 2.70 bits per heavy atom. The molecule has 1 amide bonds. The summed E-state index contributed by atoms with van der Waals surface area (Å²) in [6, 6.07) is 11.4. The summed E-state index contributed by atoms with van der Waals surface area (Å²) in [4.78, 5) is 12.4. The number of nitrogens with one attached hydrogen (secondary N) is 1. The highest BCUT2D eigenvalue weighted by atomic mass is 16.5. The summed E-state index contributed by atoms with van der Waals surface area (Å²) in [5, 5.41) is 3.14. The van der Waals surface area contributed by atoms with Crippen LogP contribution in [0.15, 0.2) is 47.1 Å². The van der Waals surface area contributed by atoms with Gasteiger partial charge in [-0.3, -0.25) is 4.79 Å². The minimum Gasteiger partial charge on any atom is -0.487 e. The van der Waals surface area contributed by atoms with Crippen molar-refractivity contribution in [3.05, 3.63) is 54.0 Å². The number of amides is 1. The van der Waals surface area contributed by atoms with Gasteiger partial charge in [0.25, 0.3) is 5.91 Å². The number of fused-ring (bicyclic) bond motifs is 1. The van der Waals surface area contributed by atoms with Crippen LogP contribution in [0.2, 0.25) is 0 Å². The second-order valence-corrected chi connectivity index (χ2v) is 6.59. The molecule has 1 spiro atoms. The first kappa shape index (κ1) is 14.4. The van der Waals surface area contributed by atoms with E-state index >= 15 is 0 Å². The van der Waals surface area contributed by atoms with Crippen molar-refractivity contribution in [2.24, 2.45) is 0 Å². The molecule has 0 unspecified atom stereocenters. The molecule has 4 nitrogen and oxygen atoms in total. The Labute approximate surface area is 135 Å². The predicted molar refractivity (Wildman–Crippen MR) is 86.4 cm³/mol. The maximum absolute atomic E-state index is 12.4. The molecule has 1 aromatic carbocycles. The molecular weight excluding hydrogens is 290 g/mol. The summed E-state index contributed by atoms with van der Waals surface area (Å²) in [7, 11) is 0. The van der Waals surface area contributed by atoms with Crippen LogP contribution in [-0.2, 0) is 0 Å². The van der Waals surface area contributed by atoms with E-state index in [9.17, 15) is 4.79 Å². The molecule has 120 valence electrons. The lowest BCUT2D eigenvalue weighted by molar-refractivity contribution is -0.00223. The first-order chi connectivity index (χ1) is 11.3. The standard InChI is InChI=1S/C19H21NO3/c21-18(17-9-6-12-22-17)20-15-13-19(10-4-1-5-11-19)23-16-8-3-2-7-14(15)16/h2-3,6-9,12,15H,1,4-5,10-11,13H2,(H,20,21)/t15-/m1/s1. The van der Waals surface area contributed by atoms with E-state index in [4.69, 9.17) is 9.15 Å². The first-order valence-electron chi connectivity index (χ1n) is 8.38. The second-order valence-electron chi connectivity index (χ2n) is 6.59. The number of ether oxygens (including phenoxy) is 1. The maximum Gasteiger partial charge on any atom is 0.287 e. The number of hydrogen-bond acceptors (Lipinski definition) is 3. The molecule has 4 rings (SSSR count). The van der Waals surface area contributed by atoms with Gasteiger partial charge in [0.1, 0.15) is 11.4 Å². The number of rotatable bonds is 2. The average molecular weight is 311 g/mol. The van der Waals surface area contributed by atoms with Crippen molar-refractivity contribution in [2.45, 2.75) is 50.2 Å². The molecule has 1 atom stereocenters. The van der Waals surface area contributed by atoms with E-state index in [0.717, 1.165) is 30.6 Å². The van der Waals surface area contributed by atoms with E-state index in [2.05, 4.69) is 5.32 Å². The molecule has 1 saturated carbocycles. The molecule has 1 aromatic heterocycles.